The van der Waals surface area contributed by atoms with E-state index in [1.807, 2.05) is 0 Å². The van der Waals surface area contributed by atoms with Crippen molar-refractivity contribution in [2.24, 2.45) is 5.73 Å². The largest absolute Gasteiger partial charge is 0.496 e. The van der Waals surface area contributed by atoms with Gasteiger partial charge in [-0.2, -0.15) is 0 Å². The van der Waals surface area contributed by atoms with Crippen LogP contribution in [0.1, 0.15) is 11.5 Å². The predicted molar refractivity (Wildman–Crippen MR) is 63.4 cm³/mol. The molecule has 0 aliphatic heterocycles. The highest BCUT2D eigenvalue weighted by molar-refractivity contribution is 5.84. The van der Waals surface area contributed by atoms with Crippen LogP contribution in [0.4, 0.5) is 4.39 Å². The molecule has 17 heavy (non-hydrogen) atoms. The summed E-state index contributed by atoms with van der Waals surface area (Å²) in [6, 6.07) is 4.07. The minimum absolute atomic E-state index is 0.108. The lowest BCUT2D eigenvalue weighted by molar-refractivity contribution is -0.130. The van der Waals surface area contributed by atoms with Crippen molar-refractivity contribution in [3.05, 3.63) is 29.6 Å². The van der Waals surface area contributed by atoms with Gasteiger partial charge in [-0.3, -0.25) is 4.79 Å². The van der Waals surface area contributed by atoms with Crippen molar-refractivity contribution in [2.45, 2.75) is 5.92 Å². The third kappa shape index (κ3) is 2.94. The summed E-state index contributed by atoms with van der Waals surface area (Å²) in [4.78, 5) is 13.4. The van der Waals surface area contributed by atoms with Crippen molar-refractivity contribution in [3.63, 3.8) is 0 Å². The van der Waals surface area contributed by atoms with Gasteiger partial charge in [-0.15, -0.1) is 0 Å². The van der Waals surface area contributed by atoms with Gasteiger partial charge in [0.25, 0.3) is 0 Å². The van der Waals surface area contributed by atoms with Crippen LogP contribution in [0, 0.1) is 5.82 Å². The van der Waals surface area contributed by atoms with Crippen LogP contribution < -0.4 is 10.5 Å². The molecule has 0 spiro atoms. The molecule has 0 aliphatic carbocycles. The predicted octanol–water partition coefficient (Wildman–Crippen LogP) is 0.965. The number of hydrogen-bond acceptors (Lipinski definition) is 3. The summed E-state index contributed by atoms with van der Waals surface area (Å²) in [5.74, 6) is -0.699. The first kappa shape index (κ1) is 13.4. The molecule has 0 saturated heterocycles. The summed E-state index contributed by atoms with van der Waals surface area (Å²) >= 11 is 0. The molecule has 0 heterocycles. The Labute approximate surface area is 100 Å². The van der Waals surface area contributed by atoms with Crippen LogP contribution in [0.5, 0.6) is 5.75 Å². The number of halogens is 1. The molecular formula is C12H17FN2O2. The van der Waals surface area contributed by atoms with Crippen molar-refractivity contribution in [3.8, 4) is 5.75 Å². The molecule has 0 fully saturated rings. The molecule has 1 aromatic carbocycles. The molecule has 0 bridgehead atoms. The number of carbonyl (C=O) groups excluding carboxylic acids is 1. The molecule has 0 aliphatic rings. The Morgan fingerprint density at radius 3 is 2.65 bits per heavy atom. The number of likely N-dealkylation sites (N-methyl/N-ethyl adjacent to an activating group) is 1. The molecule has 5 heteroatoms. The second-order valence-corrected chi connectivity index (χ2v) is 3.91. The van der Waals surface area contributed by atoms with Gasteiger partial charge in [-0.1, -0.05) is 0 Å². The number of carbonyl (C=O) groups is 1. The molecule has 0 radical (unpaired) electrons. The lowest BCUT2D eigenvalue weighted by Gasteiger charge is -2.21. The molecule has 94 valence electrons. The van der Waals surface area contributed by atoms with E-state index in [4.69, 9.17) is 10.5 Å². The van der Waals surface area contributed by atoms with Gasteiger partial charge in [-0.25, -0.2) is 4.39 Å². The highest BCUT2D eigenvalue weighted by Gasteiger charge is 2.24. The fraction of sp³-hybridized carbons (Fsp3) is 0.417. The molecule has 0 saturated carbocycles. The zero-order chi connectivity index (χ0) is 13.0. The number of amides is 1. The number of nitrogens with zero attached hydrogens (tertiary/aromatic N) is 1. The Kier molecular flexibility index (Phi) is 4.45. The summed E-state index contributed by atoms with van der Waals surface area (Å²) in [5.41, 5.74) is 6.07. The summed E-state index contributed by atoms with van der Waals surface area (Å²) in [6.45, 7) is 0.108. The molecule has 0 aromatic heterocycles. The molecule has 1 unspecified atom stereocenters. The van der Waals surface area contributed by atoms with Gasteiger partial charge in [0.05, 0.1) is 13.0 Å². The SMILES string of the molecule is COc1ccc(F)cc1C(CN)C(=O)N(C)C. The normalized spacial score (nSPS) is 12.1. The summed E-state index contributed by atoms with van der Waals surface area (Å²) in [7, 11) is 4.75. The number of benzene rings is 1. The fourth-order valence-electron chi connectivity index (χ4n) is 1.65. The highest BCUT2D eigenvalue weighted by atomic mass is 19.1. The zero-order valence-electron chi connectivity index (χ0n) is 10.2. The van der Waals surface area contributed by atoms with E-state index in [9.17, 15) is 9.18 Å². The molecule has 1 rings (SSSR count). The van der Waals surface area contributed by atoms with Gasteiger partial charge in [0.15, 0.2) is 0 Å². The quantitative estimate of drug-likeness (QED) is 0.853. The molecule has 1 aromatic rings. The lowest BCUT2D eigenvalue weighted by atomic mass is 9.96. The molecule has 2 N–H and O–H groups in total. The van der Waals surface area contributed by atoms with Gasteiger partial charge in [0.1, 0.15) is 11.6 Å². The first-order chi connectivity index (χ1) is 8.01. The van der Waals surface area contributed by atoms with E-state index in [1.54, 1.807) is 14.1 Å². The molecule has 1 atom stereocenters. The Morgan fingerprint density at radius 2 is 2.18 bits per heavy atom. The minimum Gasteiger partial charge on any atom is -0.496 e. The zero-order valence-corrected chi connectivity index (χ0v) is 10.2. The van der Waals surface area contributed by atoms with Gasteiger partial charge in [0, 0.05) is 26.2 Å². The van der Waals surface area contributed by atoms with Gasteiger partial charge in [-0.05, 0) is 18.2 Å². The van der Waals surface area contributed by atoms with Gasteiger partial charge >= 0.3 is 0 Å². The third-order valence-corrected chi connectivity index (χ3v) is 2.54. The monoisotopic (exact) mass is 240 g/mol. The maximum Gasteiger partial charge on any atom is 0.231 e. The summed E-state index contributed by atoms with van der Waals surface area (Å²) < 4.78 is 18.3. The third-order valence-electron chi connectivity index (χ3n) is 2.54. The van der Waals surface area contributed by atoms with Gasteiger partial charge < -0.3 is 15.4 Å². The fourth-order valence-corrected chi connectivity index (χ4v) is 1.65. The number of nitrogens with two attached hydrogens (primary N) is 1. The van der Waals surface area contributed by atoms with E-state index in [1.165, 1.54) is 30.2 Å². The summed E-state index contributed by atoms with van der Waals surface area (Å²) in [6.07, 6.45) is 0. The minimum atomic E-state index is -0.587. The van der Waals surface area contributed by atoms with E-state index >= 15 is 0 Å². The standard InChI is InChI=1S/C12H17FN2O2/c1-15(2)12(16)10(7-14)9-6-8(13)4-5-11(9)17-3/h4-6,10H,7,14H2,1-3H3. The van der Waals surface area contributed by atoms with Crippen molar-refractivity contribution in [2.75, 3.05) is 27.7 Å². The van der Waals surface area contributed by atoms with E-state index < -0.39 is 11.7 Å². The van der Waals surface area contributed by atoms with Crippen LogP contribution >= 0.6 is 0 Å². The number of ether oxygens (including phenoxy) is 1. The second-order valence-electron chi connectivity index (χ2n) is 3.91. The first-order valence-corrected chi connectivity index (χ1v) is 5.26. The highest BCUT2D eigenvalue weighted by Crippen LogP contribution is 2.28. The first-order valence-electron chi connectivity index (χ1n) is 5.26. The average Bonchev–Trinajstić information content (AvgIpc) is 2.30. The maximum absolute atomic E-state index is 13.2. The molecule has 4 nitrogen and oxygen atoms in total. The Hall–Kier alpha value is -1.62. The smallest absolute Gasteiger partial charge is 0.231 e. The van der Waals surface area contributed by atoms with E-state index in [0.717, 1.165) is 0 Å². The second kappa shape index (κ2) is 5.63. The van der Waals surface area contributed by atoms with Crippen LogP contribution in [0.2, 0.25) is 0 Å². The van der Waals surface area contributed by atoms with Crippen LogP contribution in [0.25, 0.3) is 0 Å². The Bertz CT molecular complexity index is 407. The van der Waals surface area contributed by atoms with Crippen LogP contribution in [0.3, 0.4) is 0 Å². The van der Waals surface area contributed by atoms with Crippen LogP contribution in [-0.2, 0) is 4.79 Å². The average molecular weight is 240 g/mol. The number of rotatable bonds is 4. The number of hydrogen-bond donors (Lipinski definition) is 1. The summed E-state index contributed by atoms with van der Waals surface area (Å²) in [5, 5.41) is 0. The molecular weight excluding hydrogens is 223 g/mol. The van der Waals surface area contributed by atoms with Crippen LogP contribution in [-0.4, -0.2) is 38.6 Å². The number of methoxy groups -OCH3 is 1. The Balaban J connectivity index is 3.19. The van der Waals surface area contributed by atoms with Crippen molar-refractivity contribution >= 4 is 5.91 Å². The van der Waals surface area contributed by atoms with Crippen molar-refractivity contribution in [1.82, 2.24) is 4.90 Å². The molecule has 1 amide bonds. The van der Waals surface area contributed by atoms with E-state index in [2.05, 4.69) is 0 Å². The van der Waals surface area contributed by atoms with E-state index in [-0.39, 0.29) is 12.5 Å². The van der Waals surface area contributed by atoms with Crippen molar-refractivity contribution in [1.29, 1.82) is 0 Å². The van der Waals surface area contributed by atoms with Crippen molar-refractivity contribution < 1.29 is 13.9 Å². The topological polar surface area (TPSA) is 55.6 Å². The Morgan fingerprint density at radius 1 is 1.53 bits per heavy atom. The van der Waals surface area contributed by atoms with Gasteiger partial charge in [0.2, 0.25) is 5.91 Å². The van der Waals surface area contributed by atoms with Crippen LogP contribution in [0.15, 0.2) is 18.2 Å². The maximum atomic E-state index is 13.2. The lowest BCUT2D eigenvalue weighted by Crippen LogP contribution is -2.32. The van der Waals surface area contributed by atoms with E-state index in [0.29, 0.717) is 11.3 Å².